The van der Waals surface area contributed by atoms with Crippen molar-refractivity contribution in [1.82, 2.24) is 0 Å². The van der Waals surface area contributed by atoms with Crippen LogP contribution in [0.3, 0.4) is 0 Å². The molecule has 2 N–H and O–H groups in total. The van der Waals surface area contributed by atoms with Gasteiger partial charge in [0, 0.05) is 12.0 Å². The predicted molar refractivity (Wildman–Crippen MR) is 48.9 cm³/mol. The van der Waals surface area contributed by atoms with Crippen LogP contribution < -0.4 is 0 Å². The third-order valence-electron chi connectivity index (χ3n) is 2.03. The van der Waals surface area contributed by atoms with E-state index in [1.165, 1.54) is 25.1 Å². The second-order valence-corrected chi connectivity index (χ2v) is 3.12. The molecular formula is C10H12O3. The normalized spacial score (nSPS) is 12.5. The molecule has 3 heteroatoms. The van der Waals surface area contributed by atoms with Crippen LogP contribution in [-0.2, 0) is 4.79 Å². The van der Waals surface area contributed by atoms with Crippen molar-refractivity contribution < 1.29 is 15.0 Å². The Morgan fingerprint density at radius 1 is 1.23 bits per heavy atom. The lowest BCUT2D eigenvalue weighted by Crippen LogP contribution is -2.03. The monoisotopic (exact) mass is 180 g/mol. The predicted octanol–water partition coefficient (Wildman–Crippen LogP) is 1.79. The fourth-order valence-electron chi connectivity index (χ4n) is 1.10. The maximum Gasteiger partial charge on any atom is 0.136 e. The molecule has 1 atom stereocenters. The van der Waals surface area contributed by atoms with Gasteiger partial charge in [-0.3, -0.25) is 4.79 Å². The maximum absolute atomic E-state index is 11.0. The zero-order valence-corrected chi connectivity index (χ0v) is 7.61. The Bertz CT molecular complexity index is 311. The van der Waals surface area contributed by atoms with Gasteiger partial charge >= 0.3 is 0 Å². The number of benzene rings is 1. The van der Waals surface area contributed by atoms with Gasteiger partial charge in [0.25, 0.3) is 0 Å². The average molecular weight is 180 g/mol. The van der Waals surface area contributed by atoms with Crippen LogP contribution in [0.4, 0.5) is 0 Å². The molecule has 3 nitrogen and oxygen atoms in total. The van der Waals surface area contributed by atoms with Crippen LogP contribution >= 0.6 is 0 Å². The molecule has 0 saturated heterocycles. The third kappa shape index (κ3) is 2.21. The van der Waals surface area contributed by atoms with Crippen molar-refractivity contribution in [2.45, 2.75) is 19.8 Å². The highest BCUT2D eigenvalue weighted by Gasteiger charge is 2.11. The second-order valence-electron chi connectivity index (χ2n) is 3.12. The smallest absolute Gasteiger partial charge is 0.136 e. The number of Topliss-reactive ketones (excluding diaryl/α,β-unsaturated/α-hetero) is 1. The van der Waals surface area contributed by atoms with Crippen molar-refractivity contribution in [2.24, 2.45) is 0 Å². The molecule has 0 aromatic heterocycles. The third-order valence-corrected chi connectivity index (χ3v) is 2.03. The summed E-state index contributed by atoms with van der Waals surface area (Å²) in [5.41, 5.74) is 0.630. The van der Waals surface area contributed by atoms with E-state index < -0.39 is 0 Å². The van der Waals surface area contributed by atoms with Crippen molar-refractivity contribution in [2.75, 3.05) is 0 Å². The van der Waals surface area contributed by atoms with Gasteiger partial charge in [0.15, 0.2) is 0 Å². The Labute approximate surface area is 76.6 Å². The Kier molecular flexibility index (Phi) is 2.56. The quantitative estimate of drug-likeness (QED) is 0.729. The molecule has 1 aromatic rings. The fourth-order valence-corrected chi connectivity index (χ4v) is 1.10. The second kappa shape index (κ2) is 3.47. The number of hydrogen-bond acceptors (Lipinski definition) is 3. The van der Waals surface area contributed by atoms with Gasteiger partial charge in [-0.25, -0.2) is 0 Å². The van der Waals surface area contributed by atoms with Crippen LogP contribution in [-0.4, -0.2) is 16.0 Å². The van der Waals surface area contributed by atoms with Gasteiger partial charge in [-0.15, -0.1) is 0 Å². The molecule has 0 spiro atoms. The zero-order chi connectivity index (χ0) is 10.0. The van der Waals surface area contributed by atoms with Crippen molar-refractivity contribution in [3.8, 4) is 11.5 Å². The Morgan fingerprint density at radius 2 is 1.69 bits per heavy atom. The summed E-state index contributed by atoms with van der Waals surface area (Å²) in [5.74, 6) is -0.339. The number of rotatable bonds is 2. The van der Waals surface area contributed by atoms with Crippen LogP contribution in [0.25, 0.3) is 0 Å². The molecule has 0 heterocycles. The Hall–Kier alpha value is -1.51. The van der Waals surface area contributed by atoms with Gasteiger partial charge in [0.05, 0.1) is 0 Å². The first-order chi connectivity index (χ1) is 6.00. The highest BCUT2D eigenvalue weighted by Crippen LogP contribution is 2.26. The topological polar surface area (TPSA) is 57.5 Å². The molecule has 1 aromatic carbocycles. The number of aromatic hydroxyl groups is 2. The number of ketones is 1. The molecular weight excluding hydrogens is 168 g/mol. The van der Waals surface area contributed by atoms with Crippen LogP contribution in [0.15, 0.2) is 18.2 Å². The molecule has 0 amide bonds. The average Bonchev–Trinajstić information content (AvgIpc) is 2.01. The summed E-state index contributed by atoms with van der Waals surface area (Å²) in [7, 11) is 0. The van der Waals surface area contributed by atoms with E-state index in [1.807, 2.05) is 0 Å². The van der Waals surface area contributed by atoms with Crippen LogP contribution in [0, 0.1) is 0 Å². The van der Waals surface area contributed by atoms with E-state index in [4.69, 9.17) is 10.2 Å². The van der Waals surface area contributed by atoms with Gasteiger partial charge in [0.1, 0.15) is 17.3 Å². The fraction of sp³-hybridized carbons (Fsp3) is 0.300. The van der Waals surface area contributed by atoms with Gasteiger partial charge in [0.2, 0.25) is 0 Å². The van der Waals surface area contributed by atoms with E-state index >= 15 is 0 Å². The molecule has 0 unspecified atom stereocenters. The molecule has 0 fully saturated rings. The summed E-state index contributed by atoms with van der Waals surface area (Å²) in [4.78, 5) is 11.0. The summed E-state index contributed by atoms with van der Waals surface area (Å²) in [5, 5.41) is 18.3. The van der Waals surface area contributed by atoms with E-state index in [9.17, 15) is 4.79 Å². The summed E-state index contributed by atoms with van der Waals surface area (Å²) < 4.78 is 0. The first-order valence-corrected chi connectivity index (χ1v) is 4.04. The van der Waals surface area contributed by atoms with Crippen molar-refractivity contribution >= 4 is 5.78 Å². The van der Waals surface area contributed by atoms with E-state index in [1.54, 1.807) is 6.92 Å². The van der Waals surface area contributed by atoms with Crippen LogP contribution in [0.1, 0.15) is 25.3 Å². The Morgan fingerprint density at radius 3 is 2.08 bits per heavy atom. The molecule has 1 rings (SSSR count). The number of phenolic OH excluding ortho intramolecular Hbond substituents is 2. The lowest BCUT2D eigenvalue weighted by molar-refractivity contribution is -0.118. The number of phenols is 2. The molecule has 70 valence electrons. The molecule has 0 saturated carbocycles. The molecule has 0 bridgehead atoms. The number of carbonyl (C=O) groups excluding carboxylic acids is 1. The summed E-state index contributed by atoms with van der Waals surface area (Å²) in [6.45, 7) is 3.21. The van der Waals surface area contributed by atoms with Crippen molar-refractivity contribution in [3.05, 3.63) is 23.8 Å². The lowest BCUT2D eigenvalue weighted by Gasteiger charge is -2.08. The van der Waals surface area contributed by atoms with E-state index in [2.05, 4.69) is 0 Å². The largest absolute Gasteiger partial charge is 0.508 e. The summed E-state index contributed by atoms with van der Waals surface area (Å²) >= 11 is 0. The number of hydrogen-bond donors (Lipinski definition) is 2. The molecule has 0 radical (unpaired) electrons. The minimum Gasteiger partial charge on any atom is -0.508 e. The van der Waals surface area contributed by atoms with Gasteiger partial charge in [-0.2, -0.15) is 0 Å². The first kappa shape index (κ1) is 9.58. The number of carbonyl (C=O) groups is 1. The Balaban J connectivity index is 3.07. The van der Waals surface area contributed by atoms with Crippen LogP contribution in [0.2, 0.25) is 0 Å². The first-order valence-electron chi connectivity index (χ1n) is 4.04. The molecule has 13 heavy (non-hydrogen) atoms. The SMILES string of the molecule is CC(=O)[C@@H](C)c1cc(O)cc(O)c1. The zero-order valence-electron chi connectivity index (χ0n) is 7.61. The van der Waals surface area contributed by atoms with Gasteiger partial charge < -0.3 is 10.2 Å². The van der Waals surface area contributed by atoms with E-state index in [-0.39, 0.29) is 23.2 Å². The minimum atomic E-state index is -0.294. The summed E-state index contributed by atoms with van der Waals surface area (Å²) in [6.07, 6.45) is 0. The minimum absolute atomic E-state index is 0.00463. The maximum atomic E-state index is 11.0. The van der Waals surface area contributed by atoms with Crippen LogP contribution in [0.5, 0.6) is 11.5 Å². The molecule has 0 aliphatic carbocycles. The van der Waals surface area contributed by atoms with Crippen molar-refractivity contribution in [1.29, 1.82) is 0 Å². The summed E-state index contributed by atoms with van der Waals surface area (Å²) in [6, 6.07) is 4.19. The molecule has 0 aliphatic rings. The van der Waals surface area contributed by atoms with Gasteiger partial charge in [-0.05, 0) is 24.6 Å². The highest BCUT2D eigenvalue weighted by atomic mass is 16.3. The highest BCUT2D eigenvalue weighted by molar-refractivity contribution is 5.83. The van der Waals surface area contributed by atoms with E-state index in [0.29, 0.717) is 5.56 Å². The van der Waals surface area contributed by atoms with E-state index in [0.717, 1.165) is 0 Å². The standard InChI is InChI=1S/C10H12O3/c1-6(7(2)11)8-3-9(12)5-10(13)4-8/h3-6,12-13H,1-2H3/t6-/m1/s1. The molecule has 0 aliphatic heterocycles. The van der Waals surface area contributed by atoms with Gasteiger partial charge in [-0.1, -0.05) is 6.92 Å². The lowest BCUT2D eigenvalue weighted by atomic mass is 9.97. The van der Waals surface area contributed by atoms with Crippen molar-refractivity contribution in [3.63, 3.8) is 0 Å².